The third kappa shape index (κ3) is 3.60. The van der Waals surface area contributed by atoms with Gasteiger partial charge in [-0.2, -0.15) is 0 Å². The smallest absolute Gasteiger partial charge is 0.330 e. The number of hydrogen-bond donors (Lipinski definition) is 5. The maximum absolute atomic E-state index is 12.0. The van der Waals surface area contributed by atoms with Crippen molar-refractivity contribution in [2.24, 2.45) is 0 Å². The maximum atomic E-state index is 12.0. The lowest BCUT2D eigenvalue weighted by Crippen LogP contribution is -2.34. The highest BCUT2D eigenvalue weighted by Crippen LogP contribution is 2.41. The molecule has 2 saturated heterocycles. The summed E-state index contributed by atoms with van der Waals surface area (Å²) in [5, 5.41) is 38.3. The lowest BCUT2D eigenvalue weighted by Gasteiger charge is -2.21. The van der Waals surface area contributed by atoms with Gasteiger partial charge in [-0.1, -0.05) is 0 Å². The second kappa shape index (κ2) is 7.80. The highest BCUT2D eigenvalue weighted by molar-refractivity contribution is 8.00. The van der Waals surface area contributed by atoms with E-state index in [4.69, 9.17) is 14.6 Å². The summed E-state index contributed by atoms with van der Waals surface area (Å²) in [4.78, 5) is 25.7. The topological polar surface area (TPSA) is 154 Å². The first-order valence-electron chi connectivity index (χ1n) is 8.22. The summed E-state index contributed by atoms with van der Waals surface area (Å²) in [5.74, 6) is 0. The Morgan fingerprint density at radius 1 is 1.19 bits per heavy atom. The summed E-state index contributed by atoms with van der Waals surface area (Å²) in [6.07, 6.45) is -2.85. The van der Waals surface area contributed by atoms with Gasteiger partial charge in [0, 0.05) is 23.4 Å². The van der Waals surface area contributed by atoms with Crippen molar-refractivity contribution in [1.82, 2.24) is 9.55 Å². The van der Waals surface area contributed by atoms with Crippen LogP contribution in [0.1, 0.15) is 18.2 Å². The molecule has 3 heterocycles. The van der Waals surface area contributed by atoms with Crippen molar-refractivity contribution in [3.8, 4) is 0 Å². The minimum absolute atomic E-state index is 0.306. The molecule has 0 unspecified atom stereocenters. The number of aryl methyl sites for hydroxylation is 1. The number of aromatic nitrogens is 2. The standard InChI is InChI=1S/C15H22N2O8S/c1-6-3-17(15(23)16-13(6)22)10-2-9(7(4-18)24-10)26-14-12(21)11(20)8(5-19)25-14/h3,7-12,14,18-21H,2,4-5H2,1H3,(H,16,22,23)/t7-,8-,9+,10-,11-,12-,14+/m1/s1. The van der Waals surface area contributed by atoms with E-state index in [1.165, 1.54) is 22.5 Å². The Labute approximate surface area is 152 Å². The molecule has 2 aliphatic rings. The predicted molar refractivity (Wildman–Crippen MR) is 90.8 cm³/mol. The molecule has 3 rings (SSSR count). The van der Waals surface area contributed by atoms with Gasteiger partial charge in [0.15, 0.2) is 0 Å². The van der Waals surface area contributed by atoms with Gasteiger partial charge in [0.2, 0.25) is 0 Å². The first-order valence-corrected chi connectivity index (χ1v) is 9.16. The molecule has 2 fully saturated rings. The second-order valence-corrected chi connectivity index (χ2v) is 7.75. The minimum atomic E-state index is -1.20. The summed E-state index contributed by atoms with van der Waals surface area (Å²) in [7, 11) is 0. The molecule has 0 saturated carbocycles. The fraction of sp³-hybridized carbons (Fsp3) is 0.733. The van der Waals surface area contributed by atoms with E-state index in [2.05, 4.69) is 4.98 Å². The summed E-state index contributed by atoms with van der Waals surface area (Å²) in [5.41, 5.74) is -1.52. The van der Waals surface area contributed by atoms with Crippen molar-refractivity contribution in [1.29, 1.82) is 0 Å². The number of aromatic amines is 1. The number of nitrogens with zero attached hydrogens (tertiary/aromatic N) is 1. The molecular formula is C15H22N2O8S. The van der Waals surface area contributed by atoms with Gasteiger partial charge >= 0.3 is 5.69 Å². The molecule has 0 aromatic carbocycles. The molecule has 0 radical (unpaired) electrons. The number of aliphatic hydroxyl groups is 4. The van der Waals surface area contributed by atoms with E-state index in [1.54, 1.807) is 6.92 Å². The van der Waals surface area contributed by atoms with Crippen LogP contribution in [0.2, 0.25) is 0 Å². The first-order chi connectivity index (χ1) is 12.3. The van der Waals surface area contributed by atoms with Crippen LogP contribution < -0.4 is 11.2 Å². The highest BCUT2D eigenvalue weighted by Gasteiger charge is 2.46. The van der Waals surface area contributed by atoms with Crippen molar-refractivity contribution < 1.29 is 29.9 Å². The van der Waals surface area contributed by atoms with E-state index in [1.807, 2.05) is 0 Å². The Hall–Kier alpha value is -1.21. The van der Waals surface area contributed by atoms with Crippen LogP contribution in [-0.2, 0) is 9.47 Å². The molecule has 1 aromatic heterocycles. The molecule has 0 aliphatic carbocycles. The predicted octanol–water partition coefficient (Wildman–Crippen LogP) is -2.33. The van der Waals surface area contributed by atoms with Crippen LogP contribution in [0.3, 0.4) is 0 Å². The molecule has 5 N–H and O–H groups in total. The Kier molecular flexibility index (Phi) is 5.87. The van der Waals surface area contributed by atoms with Crippen LogP contribution in [0.4, 0.5) is 0 Å². The van der Waals surface area contributed by atoms with Gasteiger partial charge in [-0.3, -0.25) is 14.3 Å². The van der Waals surface area contributed by atoms with Crippen LogP contribution in [0.15, 0.2) is 15.8 Å². The van der Waals surface area contributed by atoms with Gasteiger partial charge < -0.3 is 29.9 Å². The van der Waals surface area contributed by atoms with Gasteiger partial charge in [-0.25, -0.2) is 4.79 Å². The molecule has 0 amide bonds. The third-order valence-electron chi connectivity index (χ3n) is 4.62. The second-order valence-electron chi connectivity index (χ2n) is 6.41. The van der Waals surface area contributed by atoms with Crippen LogP contribution in [0.5, 0.6) is 0 Å². The van der Waals surface area contributed by atoms with Gasteiger partial charge in [-0.05, 0) is 6.92 Å². The maximum Gasteiger partial charge on any atom is 0.330 e. The molecule has 26 heavy (non-hydrogen) atoms. The third-order valence-corrected chi connectivity index (χ3v) is 6.13. The van der Waals surface area contributed by atoms with Crippen molar-refractivity contribution >= 4 is 11.8 Å². The molecular weight excluding hydrogens is 368 g/mol. The molecule has 11 heteroatoms. The van der Waals surface area contributed by atoms with E-state index in [-0.39, 0.29) is 11.9 Å². The van der Waals surface area contributed by atoms with Crippen molar-refractivity contribution in [2.75, 3.05) is 13.2 Å². The molecule has 0 spiro atoms. The van der Waals surface area contributed by atoms with Crippen LogP contribution >= 0.6 is 11.8 Å². The Balaban J connectivity index is 1.75. The number of ether oxygens (including phenoxy) is 2. The van der Waals surface area contributed by atoms with Gasteiger partial charge in [0.25, 0.3) is 5.56 Å². The molecule has 10 nitrogen and oxygen atoms in total. The average molecular weight is 390 g/mol. The Morgan fingerprint density at radius 2 is 1.88 bits per heavy atom. The van der Waals surface area contributed by atoms with E-state index >= 15 is 0 Å². The Bertz CT molecular complexity index is 752. The number of thioether (sulfide) groups is 1. The lowest BCUT2D eigenvalue weighted by molar-refractivity contribution is -0.0242. The number of hydrogen-bond acceptors (Lipinski definition) is 9. The zero-order chi connectivity index (χ0) is 19.0. The van der Waals surface area contributed by atoms with Gasteiger partial charge in [0.1, 0.15) is 30.0 Å². The van der Waals surface area contributed by atoms with E-state index in [0.29, 0.717) is 12.0 Å². The average Bonchev–Trinajstić information content (AvgIpc) is 3.14. The lowest BCUT2D eigenvalue weighted by atomic mass is 10.2. The summed E-state index contributed by atoms with van der Waals surface area (Å²) in [6.45, 7) is 0.841. The SMILES string of the molecule is Cc1cn([C@H]2C[C@H](S[C@@H]3O[C@H](CO)[C@@H](O)[C@H]3O)[C@@H](CO)O2)c(=O)[nH]c1=O. The van der Waals surface area contributed by atoms with Crippen molar-refractivity contribution in [3.63, 3.8) is 0 Å². The summed E-state index contributed by atoms with van der Waals surface area (Å²) >= 11 is 1.17. The molecule has 1 aromatic rings. The number of aliphatic hydroxyl groups excluding tert-OH is 4. The molecule has 0 bridgehead atoms. The van der Waals surface area contributed by atoms with Gasteiger partial charge in [-0.15, -0.1) is 11.8 Å². The molecule has 2 aliphatic heterocycles. The first kappa shape index (κ1) is 19.5. The fourth-order valence-corrected chi connectivity index (χ4v) is 4.60. The van der Waals surface area contributed by atoms with Crippen molar-refractivity contribution in [2.45, 2.75) is 54.7 Å². The van der Waals surface area contributed by atoms with E-state index in [9.17, 15) is 24.9 Å². The Morgan fingerprint density at radius 3 is 2.50 bits per heavy atom. The van der Waals surface area contributed by atoms with Crippen molar-refractivity contribution in [3.05, 3.63) is 32.6 Å². The summed E-state index contributed by atoms with van der Waals surface area (Å²) in [6, 6.07) is 0. The van der Waals surface area contributed by atoms with Gasteiger partial charge in [0.05, 0.1) is 19.3 Å². The zero-order valence-electron chi connectivity index (χ0n) is 14.0. The van der Waals surface area contributed by atoms with Crippen LogP contribution in [-0.4, -0.2) is 78.3 Å². The number of rotatable bonds is 5. The zero-order valence-corrected chi connectivity index (χ0v) is 14.8. The summed E-state index contributed by atoms with van der Waals surface area (Å²) < 4.78 is 12.4. The monoisotopic (exact) mass is 390 g/mol. The largest absolute Gasteiger partial charge is 0.394 e. The number of nitrogens with one attached hydrogen (secondary N) is 1. The van der Waals surface area contributed by atoms with E-state index < -0.39 is 53.9 Å². The normalized spacial score (nSPS) is 37.3. The van der Waals surface area contributed by atoms with Crippen LogP contribution in [0.25, 0.3) is 0 Å². The minimum Gasteiger partial charge on any atom is -0.394 e. The molecule has 146 valence electrons. The molecule has 7 atom stereocenters. The quantitative estimate of drug-likeness (QED) is 0.372. The number of H-pyrrole nitrogens is 1. The van der Waals surface area contributed by atoms with E-state index in [0.717, 1.165) is 0 Å². The fourth-order valence-electron chi connectivity index (χ4n) is 3.13. The van der Waals surface area contributed by atoms with Crippen LogP contribution in [0, 0.1) is 6.92 Å². The highest BCUT2D eigenvalue weighted by atomic mass is 32.2.